The summed E-state index contributed by atoms with van der Waals surface area (Å²) >= 11 is 1.73. The van der Waals surface area contributed by atoms with Gasteiger partial charge in [-0.3, -0.25) is 9.59 Å². The molecule has 2 aromatic rings. The van der Waals surface area contributed by atoms with E-state index in [0.717, 1.165) is 24.2 Å². The van der Waals surface area contributed by atoms with E-state index in [0.29, 0.717) is 25.6 Å². The zero-order chi connectivity index (χ0) is 23.1. The maximum absolute atomic E-state index is 13.4. The van der Waals surface area contributed by atoms with Crippen LogP contribution in [-0.4, -0.2) is 61.6 Å². The minimum atomic E-state index is -0.164. The number of benzene rings is 1. The second-order valence-corrected chi connectivity index (χ2v) is 9.71. The molecular weight excluding hydrogens is 424 g/mol. The predicted octanol–water partition coefficient (Wildman–Crippen LogP) is 4.08. The summed E-state index contributed by atoms with van der Waals surface area (Å²) in [6.07, 6.45) is 1.68. The van der Waals surface area contributed by atoms with Gasteiger partial charge in [-0.05, 0) is 54.8 Å². The summed E-state index contributed by atoms with van der Waals surface area (Å²) in [5, 5.41) is 2.08. The molecule has 7 heteroatoms. The maximum Gasteiger partial charge on any atom is 0.249 e. The van der Waals surface area contributed by atoms with Gasteiger partial charge in [0, 0.05) is 25.1 Å². The van der Waals surface area contributed by atoms with Crippen molar-refractivity contribution in [2.24, 2.45) is 5.92 Å². The quantitative estimate of drug-likeness (QED) is 0.538. The van der Waals surface area contributed by atoms with Crippen molar-refractivity contribution < 1.29 is 19.1 Å². The Morgan fingerprint density at radius 1 is 1.22 bits per heavy atom. The van der Waals surface area contributed by atoms with Crippen molar-refractivity contribution in [3.05, 3.63) is 51.7 Å². The van der Waals surface area contributed by atoms with Gasteiger partial charge in [0.2, 0.25) is 11.8 Å². The molecule has 2 heterocycles. The standard InChI is InChI=1S/C25H34N2O4S/c1-18(2)9-12-26(25(29)17-30-4)15-24(28)27-13-10-23-21(11-14-32-23)22(27)16-31-20-7-5-19(3)6-8-20/h5-8,11,14,18,22H,9-10,12-13,15-17H2,1-4H3/t22-/m1/s1. The molecule has 0 aliphatic carbocycles. The van der Waals surface area contributed by atoms with E-state index in [9.17, 15) is 9.59 Å². The molecule has 1 atom stereocenters. The lowest BCUT2D eigenvalue weighted by Gasteiger charge is -2.37. The van der Waals surface area contributed by atoms with Gasteiger partial charge in [0.25, 0.3) is 0 Å². The minimum absolute atomic E-state index is 0.0139. The van der Waals surface area contributed by atoms with Crippen molar-refractivity contribution in [2.75, 3.05) is 40.0 Å². The minimum Gasteiger partial charge on any atom is -0.491 e. The number of carbonyl (C=O) groups is 2. The third-order valence-corrected chi connectivity index (χ3v) is 6.76. The molecule has 6 nitrogen and oxygen atoms in total. The molecule has 0 bridgehead atoms. The smallest absolute Gasteiger partial charge is 0.249 e. The first-order chi connectivity index (χ1) is 15.4. The van der Waals surface area contributed by atoms with E-state index in [1.807, 2.05) is 36.1 Å². The number of fused-ring (bicyclic) bond motifs is 1. The fourth-order valence-electron chi connectivity index (χ4n) is 3.86. The summed E-state index contributed by atoms with van der Waals surface area (Å²) in [6, 6.07) is 9.87. The average Bonchev–Trinajstić information content (AvgIpc) is 3.25. The van der Waals surface area contributed by atoms with Gasteiger partial charge in [0.1, 0.15) is 19.0 Å². The van der Waals surface area contributed by atoms with Crippen molar-refractivity contribution in [1.29, 1.82) is 0 Å². The highest BCUT2D eigenvalue weighted by molar-refractivity contribution is 7.10. The lowest BCUT2D eigenvalue weighted by molar-refractivity contribution is -0.144. The van der Waals surface area contributed by atoms with Gasteiger partial charge in [0.15, 0.2) is 0 Å². The van der Waals surface area contributed by atoms with Gasteiger partial charge in [-0.2, -0.15) is 0 Å². The van der Waals surface area contributed by atoms with Crippen LogP contribution in [0.4, 0.5) is 0 Å². The highest BCUT2D eigenvalue weighted by atomic mass is 32.1. The van der Waals surface area contributed by atoms with Gasteiger partial charge >= 0.3 is 0 Å². The highest BCUT2D eigenvalue weighted by Crippen LogP contribution is 2.34. The molecule has 2 amide bonds. The van der Waals surface area contributed by atoms with Crippen LogP contribution in [0.15, 0.2) is 35.7 Å². The van der Waals surface area contributed by atoms with Crippen LogP contribution in [-0.2, 0) is 20.7 Å². The first-order valence-corrected chi connectivity index (χ1v) is 12.1. The Bertz CT molecular complexity index is 894. The number of hydrogen-bond donors (Lipinski definition) is 0. The van der Waals surface area contributed by atoms with Crippen LogP contribution in [0.1, 0.15) is 42.3 Å². The van der Waals surface area contributed by atoms with E-state index in [1.54, 1.807) is 16.2 Å². The largest absolute Gasteiger partial charge is 0.491 e. The number of hydrogen-bond acceptors (Lipinski definition) is 5. The van der Waals surface area contributed by atoms with Crippen molar-refractivity contribution in [2.45, 2.75) is 39.7 Å². The highest BCUT2D eigenvalue weighted by Gasteiger charge is 2.33. The number of thiophene rings is 1. The Morgan fingerprint density at radius 2 is 1.97 bits per heavy atom. The van der Waals surface area contributed by atoms with E-state index >= 15 is 0 Å². The van der Waals surface area contributed by atoms with Crippen LogP contribution in [0, 0.1) is 12.8 Å². The molecule has 0 saturated heterocycles. The summed E-state index contributed by atoms with van der Waals surface area (Å²) in [7, 11) is 1.50. The zero-order valence-corrected chi connectivity index (χ0v) is 20.3. The van der Waals surface area contributed by atoms with Crippen LogP contribution in [0.3, 0.4) is 0 Å². The van der Waals surface area contributed by atoms with E-state index in [-0.39, 0.29) is 31.0 Å². The van der Waals surface area contributed by atoms with E-state index in [1.165, 1.54) is 17.6 Å². The number of rotatable bonds is 10. The van der Waals surface area contributed by atoms with Crippen molar-refractivity contribution >= 4 is 23.2 Å². The summed E-state index contributed by atoms with van der Waals surface area (Å²) < 4.78 is 11.1. The molecule has 1 aliphatic rings. The molecule has 174 valence electrons. The number of ether oxygens (including phenoxy) is 2. The fourth-order valence-corrected chi connectivity index (χ4v) is 4.79. The van der Waals surface area contributed by atoms with Gasteiger partial charge in [-0.1, -0.05) is 31.5 Å². The fraction of sp³-hybridized carbons (Fsp3) is 0.520. The number of amides is 2. The molecule has 0 unspecified atom stereocenters. The average molecular weight is 459 g/mol. The molecule has 0 spiro atoms. The van der Waals surface area contributed by atoms with Gasteiger partial charge in [0.05, 0.1) is 12.6 Å². The SMILES string of the molecule is COCC(=O)N(CCC(C)C)CC(=O)N1CCc2sccc2[C@H]1COc1ccc(C)cc1. The van der Waals surface area contributed by atoms with Crippen LogP contribution in [0.25, 0.3) is 0 Å². The third kappa shape index (κ3) is 6.33. The van der Waals surface area contributed by atoms with Crippen LogP contribution in [0.5, 0.6) is 5.75 Å². The molecule has 1 aromatic carbocycles. The predicted molar refractivity (Wildman–Crippen MR) is 127 cm³/mol. The Balaban J connectivity index is 1.74. The van der Waals surface area contributed by atoms with Crippen molar-refractivity contribution in [3.63, 3.8) is 0 Å². The molecular formula is C25H34N2O4S. The normalized spacial score (nSPS) is 15.5. The second-order valence-electron chi connectivity index (χ2n) is 8.71. The summed E-state index contributed by atoms with van der Waals surface area (Å²) in [4.78, 5) is 30.8. The Morgan fingerprint density at radius 3 is 2.66 bits per heavy atom. The maximum atomic E-state index is 13.4. The Kier molecular flexibility index (Phi) is 8.70. The summed E-state index contributed by atoms with van der Waals surface area (Å²) in [5.41, 5.74) is 2.33. The van der Waals surface area contributed by atoms with Crippen molar-refractivity contribution in [1.82, 2.24) is 9.80 Å². The van der Waals surface area contributed by atoms with E-state index in [2.05, 4.69) is 25.3 Å². The van der Waals surface area contributed by atoms with Crippen LogP contribution < -0.4 is 4.74 Å². The molecule has 0 N–H and O–H groups in total. The van der Waals surface area contributed by atoms with Crippen LogP contribution >= 0.6 is 11.3 Å². The number of nitrogens with zero attached hydrogens (tertiary/aromatic N) is 2. The first-order valence-electron chi connectivity index (χ1n) is 11.2. The molecule has 1 aliphatic heterocycles. The third-order valence-electron chi connectivity index (χ3n) is 5.77. The summed E-state index contributed by atoms with van der Waals surface area (Å²) in [5.74, 6) is 1.04. The van der Waals surface area contributed by atoms with E-state index < -0.39 is 0 Å². The van der Waals surface area contributed by atoms with Gasteiger partial charge < -0.3 is 19.3 Å². The van der Waals surface area contributed by atoms with Gasteiger partial charge in [-0.15, -0.1) is 11.3 Å². The molecule has 1 aromatic heterocycles. The monoisotopic (exact) mass is 458 g/mol. The molecule has 0 saturated carbocycles. The van der Waals surface area contributed by atoms with Crippen LogP contribution in [0.2, 0.25) is 0 Å². The molecule has 32 heavy (non-hydrogen) atoms. The first kappa shape index (κ1) is 24.3. The Labute approximate surface area is 195 Å². The molecule has 0 fully saturated rings. The number of carbonyl (C=O) groups excluding carboxylic acids is 2. The second kappa shape index (κ2) is 11.5. The van der Waals surface area contributed by atoms with E-state index in [4.69, 9.17) is 9.47 Å². The summed E-state index contributed by atoms with van der Waals surface area (Å²) in [6.45, 7) is 7.88. The molecule has 3 rings (SSSR count). The topological polar surface area (TPSA) is 59.1 Å². The zero-order valence-electron chi connectivity index (χ0n) is 19.5. The lowest BCUT2D eigenvalue weighted by atomic mass is 10.0. The number of aryl methyl sites for hydroxylation is 1. The van der Waals surface area contributed by atoms with Crippen molar-refractivity contribution in [3.8, 4) is 5.75 Å². The number of methoxy groups -OCH3 is 1. The molecule has 0 radical (unpaired) electrons. The lowest BCUT2D eigenvalue weighted by Crippen LogP contribution is -2.48. The Hall–Kier alpha value is -2.38. The van der Waals surface area contributed by atoms with Gasteiger partial charge in [-0.25, -0.2) is 0 Å².